The van der Waals surface area contributed by atoms with Crippen LogP contribution in [-0.4, -0.2) is 30.9 Å². The largest absolute Gasteiger partial charge is 0.493 e. The van der Waals surface area contributed by atoms with E-state index >= 15 is 0 Å². The molecular formula is C26H25FN2O5S. The Labute approximate surface area is 205 Å². The molecule has 3 aromatic rings. The second-order valence-corrected chi connectivity index (χ2v) is 8.71. The highest BCUT2D eigenvalue weighted by Crippen LogP contribution is 2.36. The zero-order valence-corrected chi connectivity index (χ0v) is 20.6. The average molecular weight is 497 g/mol. The van der Waals surface area contributed by atoms with Crippen LogP contribution in [0.4, 0.5) is 4.39 Å². The Hall–Kier alpha value is -3.72. The number of aromatic nitrogens is 1. The summed E-state index contributed by atoms with van der Waals surface area (Å²) in [5.74, 6) is 0.139. The van der Waals surface area contributed by atoms with E-state index in [0.717, 1.165) is 0 Å². The second kappa shape index (κ2) is 10.3. The van der Waals surface area contributed by atoms with Crippen molar-refractivity contribution in [2.24, 2.45) is 4.99 Å². The van der Waals surface area contributed by atoms with Gasteiger partial charge < -0.3 is 14.2 Å². The smallest absolute Gasteiger partial charge is 0.338 e. The van der Waals surface area contributed by atoms with Gasteiger partial charge in [0.1, 0.15) is 5.82 Å². The lowest BCUT2D eigenvalue weighted by molar-refractivity contribution is -0.139. The number of rotatable bonds is 7. The van der Waals surface area contributed by atoms with E-state index in [9.17, 15) is 14.0 Å². The van der Waals surface area contributed by atoms with Crippen molar-refractivity contribution in [1.29, 1.82) is 0 Å². The minimum Gasteiger partial charge on any atom is -0.493 e. The van der Waals surface area contributed by atoms with E-state index in [1.54, 1.807) is 57.4 Å². The molecule has 1 unspecified atom stereocenters. The maximum Gasteiger partial charge on any atom is 0.338 e. The van der Waals surface area contributed by atoms with Crippen LogP contribution in [0.15, 0.2) is 63.5 Å². The molecule has 2 aromatic carbocycles. The summed E-state index contributed by atoms with van der Waals surface area (Å²) in [6, 6.07) is 10.4. The highest BCUT2D eigenvalue weighted by molar-refractivity contribution is 7.07. The molecule has 35 heavy (non-hydrogen) atoms. The molecule has 7 nitrogen and oxygen atoms in total. The molecule has 0 fully saturated rings. The first-order valence-corrected chi connectivity index (χ1v) is 12.0. The summed E-state index contributed by atoms with van der Waals surface area (Å²) in [5, 5.41) is 0. The van der Waals surface area contributed by atoms with Gasteiger partial charge >= 0.3 is 5.97 Å². The van der Waals surface area contributed by atoms with Crippen molar-refractivity contribution < 1.29 is 23.4 Å². The van der Waals surface area contributed by atoms with Crippen LogP contribution >= 0.6 is 11.3 Å². The Morgan fingerprint density at radius 1 is 1.14 bits per heavy atom. The summed E-state index contributed by atoms with van der Waals surface area (Å²) in [4.78, 5) is 31.6. The summed E-state index contributed by atoms with van der Waals surface area (Å²) in [6.07, 6.45) is 1.68. The number of carbonyl (C=O) groups is 1. The third-order valence-electron chi connectivity index (χ3n) is 5.49. The number of carbonyl (C=O) groups excluding carboxylic acids is 1. The number of hydrogen-bond donors (Lipinski definition) is 0. The number of ether oxygens (including phenoxy) is 3. The fourth-order valence-electron chi connectivity index (χ4n) is 3.95. The standard InChI is InChI=1S/C26H25FN2O5S/c1-5-33-20-14-17(9-12-19(20)32-4)23-22(25(31)34-6-2)15(3)28-26-29(23)24(30)21(35-26)13-16-7-10-18(27)11-8-16/h7-14,23H,5-6H2,1-4H3. The molecule has 1 aliphatic heterocycles. The summed E-state index contributed by atoms with van der Waals surface area (Å²) < 4.78 is 31.7. The van der Waals surface area contributed by atoms with E-state index in [1.165, 1.54) is 28.0 Å². The maximum atomic E-state index is 13.6. The molecular weight excluding hydrogens is 471 g/mol. The number of hydrogen-bond acceptors (Lipinski definition) is 7. The number of fused-ring (bicyclic) bond motifs is 1. The molecule has 0 amide bonds. The van der Waals surface area contributed by atoms with E-state index in [1.807, 2.05) is 6.92 Å². The Morgan fingerprint density at radius 3 is 2.54 bits per heavy atom. The fraction of sp³-hybridized carbons (Fsp3) is 0.269. The molecule has 4 rings (SSSR count). The number of halogens is 1. The van der Waals surface area contributed by atoms with Crippen molar-refractivity contribution in [3.05, 3.63) is 90.4 Å². The van der Waals surface area contributed by atoms with Crippen molar-refractivity contribution in [2.75, 3.05) is 20.3 Å². The minimum absolute atomic E-state index is 0.185. The first-order valence-electron chi connectivity index (χ1n) is 11.1. The summed E-state index contributed by atoms with van der Waals surface area (Å²) in [6.45, 7) is 5.91. The predicted octanol–water partition coefficient (Wildman–Crippen LogP) is 3.34. The van der Waals surface area contributed by atoms with E-state index < -0.39 is 12.0 Å². The number of esters is 1. The van der Waals surface area contributed by atoms with E-state index in [0.29, 0.717) is 44.3 Å². The van der Waals surface area contributed by atoms with Crippen molar-refractivity contribution in [3.63, 3.8) is 0 Å². The third-order valence-corrected chi connectivity index (χ3v) is 6.47. The lowest BCUT2D eigenvalue weighted by Crippen LogP contribution is -2.40. The van der Waals surface area contributed by atoms with Gasteiger partial charge in [-0.1, -0.05) is 29.5 Å². The van der Waals surface area contributed by atoms with Crippen molar-refractivity contribution in [3.8, 4) is 11.5 Å². The third kappa shape index (κ3) is 4.77. The minimum atomic E-state index is -0.772. The topological polar surface area (TPSA) is 79.1 Å². The van der Waals surface area contributed by atoms with Gasteiger partial charge in [0, 0.05) is 0 Å². The van der Waals surface area contributed by atoms with Gasteiger partial charge in [0.25, 0.3) is 5.56 Å². The molecule has 0 aliphatic carbocycles. The lowest BCUT2D eigenvalue weighted by Gasteiger charge is -2.25. The van der Waals surface area contributed by atoms with Gasteiger partial charge in [0.2, 0.25) is 0 Å². The first kappa shape index (κ1) is 24.4. The highest BCUT2D eigenvalue weighted by Gasteiger charge is 2.33. The van der Waals surface area contributed by atoms with E-state index in [2.05, 4.69) is 4.99 Å². The quantitative estimate of drug-likeness (QED) is 0.469. The van der Waals surface area contributed by atoms with Crippen molar-refractivity contribution in [2.45, 2.75) is 26.8 Å². The Balaban J connectivity index is 1.96. The van der Waals surface area contributed by atoms with E-state index in [4.69, 9.17) is 14.2 Å². The predicted molar refractivity (Wildman–Crippen MR) is 131 cm³/mol. The SMILES string of the molecule is CCOC(=O)C1=C(C)N=c2sc(=Cc3ccc(F)cc3)c(=O)n2C1c1ccc(OC)c(OCC)c1. The lowest BCUT2D eigenvalue weighted by atomic mass is 9.95. The van der Waals surface area contributed by atoms with Gasteiger partial charge in [-0.2, -0.15) is 0 Å². The zero-order valence-electron chi connectivity index (χ0n) is 19.8. The normalized spacial score (nSPS) is 15.5. The van der Waals surface area contributed by atoms with Crippen LogP contribution in [0.5, 0.6) is 11.5 Å². The Kier molecular flexibility index (Phi) is 7.16. The molecule has 0 saturated heterocycles. The van der Waals surface area contributed by atoms with Gasteiger partial charge in [-0.3, -0.25) is 9.36 Å². The van der Waals surface area contributed by atoms with Gasteiger partial charge in [-0.25, -0.2) is 14.2 Å². The fourth-order valence-corrected chi connectivity index (χ4v) is 5.00. The van der Waals surface area contributed by atoms with Crippen LogP contribution in [-0.2, 0) is 9.53 Å². The van der Waals surface area contributed by atoms with Crippen molar-refractivity contribution in [1.82, 2.24) is 4.57 Å². The molecule has 0 spiro atoms. The molecule has 1 aromatic heterocycles. The van der Waals surface area contributed by atoms with E-state index in [-0.39, 0.29) is 23.6 Å². The maximum absolute atomic E-state index is 13.6. The number of methoxy groups -OCH3 is 1. The second-order valence-electron chi connectivity index (χ2n) is 7.70. The Bertz CT molecular complexity index is 1470. The molecule has 2 heterocycles. The first-order chi connectivity index (χ1) is 16.9. The molecule has 0 radical (unpaired) electrons. The molecule has 0 saturated carbocycles. The van der Waals surface area contributed by atoms with Gasteiger partial charge in [-0.05, 0) is 62.2 Å². The molecule has 0 N–H and O–H groups in total. The van der Waals surface area contributed by atoms with Gasteiger partial charge in [0.15, 0.2) is 16.3 Å². The molecule has 1 atom stereocenters. The number of thiazole rings is 1. The summed E-state index contributed by atoms with van der Waals surface area (Å²) in [5.41, 5.74) is 1.77. The molecule has 182 valence electrons. The number of allylic oxidation sites excluding steroid dienone is 1. The van der Waals surface area contributed by atoms with Gasteiger partial charge in [0.05, 0.1) is 42.2 Å². The summed E-state index contributed by atoms with van der Waals surface area (Å²) in [7, 11) is 1.55. The molecule has 0 bridgehead atoms. The van der Waals surface area contributed by atoms with Crippen LogP contribution in [0.3, 0.4) is 0 Å². The highest BCUT2D eigenvalue weighted by atomic mass is 32.1. The van der Waals surface area contributed by atoms with Crippen LogP contribution < -0.4 is 24.4 Å². The van der Waals surface area contributed by atoms with Crippen LogP contribution in [0.1, 0.15) is 37.9 Å². The van der Waals surface area contributed by atoms with Crippen LogP contribution in [0.2, 0.25) is 0 Å². The summed E-state index contributed by atoms with van der Waals surface area (Å²) >= 11 is 1.20. The van der Waals surface area contributed by atoms with Crippen molar-refractivity contribution >= 4 is 23.4 Å². The molecule has 1 aliphatic rings. The zero-order chi connectivity index (χ0) is 25.1. The van der Waals surface area contributed by atoms with Crippen LogP contribution in [0.25, 0.3) is 6.08 Å². The monoisotopic (exact) mass is 496 g/mol. The van der Waals surface area contributed by atoms with Crippen LogP contribution in [0, 0.1) is 5.82 Å². The number of benzene rings is 2. The Morgan fingerprint density at radius 2 is 1.89 bits per heavy atom. The van der Waals surface area contributed by atoms with Gasteiger partial charge in [-0.15, -0.1) is 0 Å². The average Bonchev–Trinajstić information content (AvgIpc) is 3.14. The molecule has 9 heteroatoms. The number of nitrogens with zero attached hydrogens (tertiary/aromatic N) is 2.